The summed E-state index contributed by atoms with van der Waals surface area (Å²) in [5.74, 6) is 0. The van der Waals surface area contributed by atoms with Gasteiger partial charge in [0.2, 0.25) is 0 Å². The Bertz CT molecular complexity index is 585. The third kappa shape index (κ3) is 2.16. The first kappa shape index (κ1) is 14.0. The molecule has 2 fully saturated rings. The van der Waals surface area contributed by atoms with E-state index in [-0.39, 0.29) is 23.3 Å². The molecule has 1 aromatic heterocycles. The van der Waals surface area contributed by atoms with Crippen LogP contribution in [0.15, 0.2) is 17.6 Å². The summed E-state index contributed by atoms with van der Waals surface area (Å²) < 4.78 is 39.6. The molecule has 8 heteroatoms. The highest BCUT2D eigenvalue weighted by Crippen LogP contribution is 2.34. The van der Waals surface area contributed by atoms with Gasteiger partial charge in [0.1, 0.15) is 6.10 Å². The minimum Gasteiger partial charge on any atom is -0.377 e. The summed E-state index contributed by atoms with van der Waals surface area (Å²) in [6, 6.07) is -0.152. The molecule has 2 aliphatic heterocycles. The molecular formula is C12H19N3O4S. The molecule has 0 unspecified atom stereocenters. The number of nitrogens with zero attached hydrogens (tertiary/aromatic N) is 3. The molecule has 3 rings (SSSR count). The van der Waals surface area contributed by atoms with Gasteiger partial charge in [0.15, 0.2) is 5.03 Å². The second-order valence-electron chi connectivity index (χ2n) is 5.27. The van der Waals surface area contributed by atoms with Crippen molar-refractivity contribution < 1.29 is 17.9 Å². The molecule has 0 saturated carbocycles. The normalized spacial score (nSPS) is 31.4. The van der Waals surface area contributed by atoms with E-state index in [4.69, 9.17) is 9.47 Å². The Hall–Kier alpha value is -0.960. The van der Waals surface area contributed by atoms with E-state index in [9.17, 15) is 8.42 Å². The van der Waals surface area contributed by atoms with Gasteiger partial charge >= 0.3 is 0 Å². The van der Waals surface area contributed by atoms with E-state index in [1.54, 1.807) is 18.7 Å². The zero-order valence-corrected chi connectivity index (χ0v) is 12.4. The summed E-state index contributed by atoms with van der Waals surface area (Å²) in [4.78, 5) is 3.97. The van der Waals surface area contributed by atoms with Crippen molar-refractivity contribution >= 4 is 10.0 Å². The van der Waals surface area contributed by atoms with Crippen molar-refractivity contribution in [3.63, 3.8) is 0 Å². The zero-order chi connectivity index (χ0) is 14.3. The van der Waals surface area contributed by atoms with Crippen molar-refractivity contribution in [2.75, 3.05) is 20.3 Å². The quantitative estimate of drug-likeness (QED) is 0.785. The lowest BCUT2D eigenvalue weighted by molar-refractivity contribution is -0.0624. The van der Waals surface area contributed by atoms with Crippen molar-refractivity contribution in [3.05, 3.63) is 12.5 Å². The lowest BCUT2D eigenvalue weighted by Crippen LogP contribution is -2.43. The first-order chi connectivity index (χ1) is 9.54. The van der Waals surface area contributed by atoms with E-state index in [1.165, 1.54) is 16.8 Å². The number of sulfonamides is 1. The second kappa shape index (κ2) is 5.10. The maximum atomic E-state index is 12.7. The zero-order valence-electron chi connectivity index (χ0n) is 11.6. The third-order valence-corrected chi connectivity index (χ3v) is 5.76. The first-order valence-electron chi connectivity index (χ1n) is 6.68. The van der Waals surface area contributed by atoms with Gasteiger partial charge in [-0.3, -0.25) is 0 Å². The Balaban J connectivity index is 1.93. The molecular weight excluding hydrogens is 282 g/mol. The van der Waals surface area contributed by atoms with Crippen molar-refractivity contribution in [3.8, 4) is 0 Å². The molecule has 0 N–H and O–H groups in total. The second-order valence-corrected chi connectivity index (χ2v) is 7.11. The van der Waals surface area contributed by atoms with Crippen LogP contribution in [-0.2, 0) is 26.5 Å². The molecule has 0 radical (unpaired) electrons. The summed E-state index contributed by atoms with van der Waals surface area (Å²) in [6.07, 6.45) is 4.30. The molecule has 7 nitrogen and oxygen atoms in total. The summed E-state index contributed by atoms with van der Waals surface area (Å²) in [5.41, 5.74) is 0. The average Bonchev–Trinajstić information content (AvgIpc) is 3.03. The van der Waals surface area contributed by atoms with Gasteiger partial charge in [0.25, 0.3) is 10.0 Å². The Morgan fingerprint density at radius 1 is 1.50 bits per heavy atom. The molecule has 20 heavy (non-hydrogen) atoms. The predicted molar refractivity (Wildman–Crippen MR) is 70.7 cm³/mol. The Morgan fingerprint density at radius 2 is 2.30 bits per heavy atom. The highest BCUT2D eigenvalue weighted by molar-refractivity contribution is 7.89. The molecule has 2 aliphatic rings. The van der Waals surface area contributed by atoms with Crippen LogP contribution in [0.2, 0.25) is 0 Å². The molecule has 0 bridgehead atoms. The monoisotopic (exact) mass is 301 g/mol. The number of hydrogen-bond acceptors (Lipinski definition) is 5. The van der Waals surface area contributed by atoms with Crippen LogP contribution < -0.4 is 0 Å². The van der Waals surface area contributed by atoms with Crippen LogP contribution in [0.4, 0.5) is 0 Å². The van der Waals surface area contributed by atoms with Gasteiger partial charge in [-0.05, 0) is 12.8 Å². The van der Waals surface area contributed by atoms with Crippen LogP contribution in [0.3, 0.4) is 0 Å². The molecule has 112 valence electrons. The van der Waals surface area contributed by atoms with Gasteiger partial charge in [-0.15, -0.1) is 0 Å². The number of hydrogen-bond donors (Lipinski definition) is 0. The van der Waals surface area contributed by atoms with Gasteiger partial charge in [0.05, 0.1) is 18.5 Å². The van der Waals surface area contributed by atoms with E-state index >= 15 is 0 Å². The Labute approximate surface area is 118 Å². The topological polar surface area (TPSA) is 73.7 Å². The molecule has 3 heterocycles. The number of imidazole rings is 1. The molecule has 0 aliphatic carbocycles. The van der Waals surface area contributed by atoms with Gasteiger partial charge in [0, 0.05) is 33.5 Å². The van der Waals surface area contributed by atoms with E-state index in [2.05, 4.69) is 4.98 Å². The lowest BCUT2D eigenvalue weighted by Gasteiger charge is -2.31. The Kier molecular flexibility index (Phi) is 3.57. The van der Waals surface area contributed by atoms with Crippen molar-refractivity contribution in [2.24, 2.45) is 7.05 Å². The van der Waals surface area contributed by atoms with Crippen LogP contribution in [0.1, 0.15) is 12.8 Å². The fraction of sp³-hybridized carbons (Fsp3) is 0.750. The van der Waals surface area contributed by atoms with E-state index in [1.807, 2.05) is 0 Å². The number of aryl methyl sites for hydroxylation is 1. The molecule has 2 saturated heterocycles. The summed E-state index contributed by atoms with van der Waals surface area (Å²) >= 11 is 0. The number of fused-ring (bicyclic) bond motifs is 1. The third-order valence-electron chi connectivity index (χ3n) is 3.99. The number of methoxy groups -OCH3 is 1. The summed E-state index contributed by atoms with van der Waals surface area (Å²) in [6.45, 7) is 0.989. The number of rotatable bonds is 3. The molecule has 0 amide bonds. The van der Waals surface area contributed by atoms with Gasteiger partial charge in [-0.2, -0.15) is 4.31 Å². The highest BCUT2D eigenvalue weighted by atomic mass is 32.2. The van der Waals surface area contributed by atoms with Gasteiger partial charge < -0.3 is 14.0 Å². The van der Waals surface area contributed by atoms with E-state index < -0.39 is 10.0 Å². The van der Waals surface area contributed by atoms with Crippen molar-refractivity contribution in [1.29, 1.82) is 0 Å². The smallest absolute Gasteiger partial charge is 0.262 e. The minimum absolute atomic E-state index is 0.0843. The Morgan fingerprint density at radius 3 is 2.95 bits per heavy atom. The number of aromatic nitrogens is 2. The van der Waals surface area contributed by atoms with Crippen LogP contribution in [-0.4, -0.2) is 60.8 Å². The summed E-state index contributed by atoms with van der Waals surface area (Å²) in [7, 11) is -0.246. The van der Waals surface area contributed by atoms with Crippen LogP contribution in [0.5, 0.6) is 0 Å². The van der Waals surface area contributed by atoms with Crippen LogP contribution in [0, 0.1) is 0 Å². The first-order valence-corrected chi connectivity index (χ1v) is 8.12. The standard InChI is InChI=1S/C12H19N3O4S/c1-14-7-11(13-8-14)20(16,17)15-6-10(18-2)12-9(15)4-3-5-19-12/h7-10,12H,3-6H2,1-2H3/t9-,10-,12+/m1/s1. The maximum absolute atomic E-state index is 12.7. The SMILES string of the molecule is CO[C@@H]1CN(S(=O)(=O)c2cn(C)cn2)[C@@H]2CCCO[C@@H]21. The summed E-state index contributed by atoms with van der Waals surface area (Å²) in [5, 5.41) is 0.0843. The van der Waals surface area contributed by atoms with Crippen molar-refractivity contribution in [2.45, 2.75) is 36.1 Å². The highest BCUT2D eigenvalue weighted by Gasteiger charge is 2.49. The van der Waals surface area contributed by atoms with Gasteiger partial charge in [-0.25, -0.2) is 13.4 Å². The molecule has 0 spiro atoms. The largest absolute Gasteiger partial charge is 0.377 e. The molecule has 3 atom stereocenters. The van der Waals surface area contributed by atoms with Gasteiger partial charge in [-0.1, -0.05) is 0 Å². The van der Waals surface area contributed by atoms with Crippen molar-refractivity contribution in [1.82, 2.24) is 13.9 Å². The average molecular weight is 301 g/mol. The van der Waals surface area contributed by atoms with E-state index in [0.717, 1.165) is 12.8 Å². The maximum Gasteiger partial charge on any atom is 0.262 e. The minimum atomic E-state index is -3.59. The molecule has 0 aromatic carbocycles. The fourth-order valence-corrected chi connectivity index (χ4v) is 4.64. The van der Waals surface area contributed by atoms with E-state index in [0.29, 0.717) is 13.2 Å². The predicted octanol–water partition coefficient (Wildman–Crippen LogP) is -0.0130. The van der Waals surface area contributed by atoms with Crippen LogP contribution >= 0.6 is 0 Å². The fourth-order valence-electron chi connectivity index (χ4n) is 2.99. The van der Waals surface area contributed by atoms with Crippen LogP contribution in [0.25, 0.3) is 0 Å². The lowest BCUT2D eigenvalue weighted by atomic mass is 10.0. The molecule has 1 aromatic rings. The number of ether oxygens (including phenoxy) is 2.